The van der Waals surface area contributed by atoms with E-state index in [0.717, 1.165) is 5.56 Å². The van der Waals surface area contributed by atoms with Crippen molar-refractivity contribution in [2.24, 2.45) is 0 Å². The average molecular weight is 221 g/mol. The Bertz CT molecular complexity index is 404. The smallest absolute Gasteiger partial charge is 0.259 e. The summed E-state index contributed by atoms with van der Waals surface area (Å²) in [5, 5.41) is 11.3. The third-order valence-electron chi connectivity index (χ3n) is 2.33. The number of ether oxygens (including phenoxy) is 1. The first-order valence-corrected chi connectivity index (χ1v) is 4.87. The van der Waals surface area contributed by atoms with E-state index < -0.39 is 24.0 Å². The zero-order valence-electron chi connectivity index (χ0n) is 8.42. The van der Waals surface area contributed by atoms with Gasteiger partial charge in [-0.1, -0.05) is 30.3 Å². The highest BCUT2D eigenvalue weighted by Gasteiger charge is 2.41. The molecule has 84 valence electrons. The number of carbonyl (C=O) groups excluding carboxylic acids is 2. The predicted octanol–water partition coefficient (Wildman–Crippen LogP) is -0.411. The summed E-state index contributed by atoms with van der Waals surface area (Å²) in [5.41, 5.74) is 0.877. The van der Waals surface area contributed by atoms with E-state index in [2.05, 4.69) is 0 Å². The van der Waals surface area contributed by atoms with Crippen molar-refractivity contribution in [3.05, 3.63) is 35.9 Å². The van der Waals surface area contributed by atoms with Crippen LogP contribution in [0, 0.1) is 0 Å². The molecule has 0 saturated carbocycles. The molecule has 5 nitrogen and oxygen atoms in total. The highest BCUT2D eigenvalue weighted by Crippen LogP contribution is 2.11. The van der Waals surface area contributed by atoms with Gasteiger partial charge in [0, 0.05) is 0 Å². The zero-order valence-corrected chi connectivity index (χ0v) is 8.42. The Balaban J connectivity index is 1.96. The number of hydrogen-bond acceptors (Lipinski definition) is 4. The summed E-state index contributed by atoms with van der Waals surface area (Å²) in [7, 11) is 0. The monoisotopic (exact) mass is 221 g/mol. The summed E-state index contributed by atoms with van der Waals surface area (Å²) in [4.78, 5) is 22.1. The first kappa shape index (κ1) is 10.8. The first-order chi connectivity index (χ1) is 7.68. The molecule has 1 fully saturated rings. The Morgan fingerprint density at radius 1 is 1.19 bits per heavy atom. The molecule has 0 aromatic heterocycles. The molecule has 1 aromatic carbocycles. The molecule has 2 N–H and O–H groups in total. The van der Waals surface area contributed by atoms with Crippen LogP contribution in [0.5, 0.6) is 0 Å². The molecular weight excluding hydrogens is 210 g/mol. The third-order valence-corrected chi connectivity index (χ3v) is 2.33. The topological polar surface area (TPSA) is 75.6 Å². The van der Waals surface area contributed by atoms with Crippen LogP contribution in [-0.4, -0.2) is 29.1 Å². The molecule has 2 atom stereocenters. The average Bonchev–Trinajstić information content (AvgIpc) is 2.53. The molecule has 2 amide bonds. The Morgan fingerprint density at radius 3 is 2.44 bits per heavy atom. The van der Waals surface area contributed by atoms with Crippen molar-refractivity contribution in [1.29, 1.82) is 0 Å². The summed E-state index contributed by atoms with van der Waals surface area (Å²) in [5.74, 6) is -1.29. The lowest BCUT2D eigenvalue weighted by Crippen LogP contribution is -2.31. The Kier molecular flexibility index (Phi) is 2.98. The van der Waals surface area contributed by atoms with Crippen LogP contribution in [0.4, 0.5) is 0 Å². The van der Waals surface area contributed by atoms with E-state index in [1.54, 1.807) is 0 Å². The maximum atomic E-state index is 11.2. The minimum absolute atomic E-state index is 0.184. The van der Waals surface area contributed by atoms with Crippen molar-refractivity contribution in [1.82, 2.24) is 5.32 Å². The molecule has 16 heavy (non-hydrogen) atoms. The van der Waals surface area contributed by atoms with Gasteiger partial charge in [-0.25, -0.2) is 0 Å². The SMILES string of the molecule is O=C1NC(=O)C(OCc2ccccc2)C1O. The number of carbonyl (C=O) groups is 2. The highest BCUT2D eigenvalue weighted by molar-refractivity contribution is 6.07. The minimum Gasteiger partial charge on any atom is -0.380 e. The second-order valence-electron chi connectivity index (χ2n) is 3.52. The van der Waals surface area contributed by atoms with E-state index in [9.17, 15) is 14.7 Å². The van der Waals surface area contributed by atoms with Gasteiger partial charge in [-0.2, -0.15) is 0 Å². The molecule has 1 aliphatic rings. The van der Waals surface area contributed by atoms with Gasteiger partial charge in [0.1, 0.15) is 0 Å². The van der Waals surface area contributed by atoms with Crippen LogP contribution in [0.15, 0.2) is 30.3 Å². The van der Waals surface area contributed by atoms with Gasteiger partial charge in [0.25, 0.3) is 11.8 Å². The van der Waals surface area contributed by atoms with E-state index in [4.69, 9.17) is 4.74 Å². The molecule has 0 radical (unpaired) electrons. The second kappa shape index (κ2) is 4.42. The van der Waals surface area contributed by atoms with Gasteiger partial charge in [-0.05, 0) is 5.56 Å². The highest BCUT2D eigenvalue weighted by atomic mass is 16.5. The number of nitrogens with one attached hydrogen (secondary N) is 1. The molecule has 0 aliphatic carbocycles. The number of hydrogen-bond donors (Lipinski definition) is 2. The second-order valence-corrected chi connectivity index (χ2v) is 3.52. The summed E-state index contributed by atoms with van der Waals surface area (Å²) >= 11 is 0. The van der Waals surface area contributed by atoms with Crippen molar-refractivity contribution < 1.29 is 19.4 Å². The quantitative estimate of drug-likeness (QED) is 0.680. The minimum atomic E-state index is -1.41. The van der Waals surface area contributed by atoms with Gasteiger partial charge in [0.2, 0.25) is 0 Å². The molecule has 1 aromatic rings. The van der Waals surface area contributed by atoms with Crippen molar-refractivity contribution in [2.45, 2.75) is 18.8 Å². The van der Waals surface area contributed by atoms with Gasteiger partial charge in [-0.15, -0.1) is 0 Å². The molecular formula is C11H11NO4. The van der Waals surface area contributed by atoms with Crippen LogP contribution in [-0.2, 0) is 20.9 Å². The number of benzene rings is 1. The van der Waals surface area contributed by atoms with Crippen LogP contribution in [0.3, 0.4) is 0 Å². The standard InChI is InChI=1S/C11H11NO4/c13-8-9(11(15)12-10(8)14)16-6-7-4-2-1-3-5-7/h1-5,8-9,13H,6H2,(H,12,14,15). The Hall–Kier alpha value is -1.72. The molecule has 2 rings (SSSR count). The summed E-state index contributed by atoms with van der Waals surface area (Å²) < 4.78 is 5.20. The maximum Gasteiger partial charge on any atom is 0.259 e. The van der Waals surface area contributed by atoms with Crippen LogP contribution in [0.1, 0.15) is 5.56 Å². The molecule has 2 unspecified atom stereocenters. The van der Waals surface area contributed by atoms with E-state index in [1.165, 1.54) is 0 Å². The maximum absolute atomic E-state index is 11.2. The van der Waals surface area contributed by atoms with Gasteiger partial charge in [0.05, 0.1) is 6.61 Å². The van der Waals surface area contributed by atoms with Crippen LogP contribution >= 0.6 is 0 Å². The molecule has 0 bridgehead atoms. The van der Waals surface area contributed by atoms with E-state index in [0.29, 0.717) is 0 Å². The lowest BCUT2D eigenvalue weighted by molar-refractivity contribution is -0.135. The van der Waals surface area contributed by atoms with Gasteiger partial charge in [-0.3, -0.25) is 14.9 Å². The van der Waals surface area contributed by atoms with Crippen molar-refractivity contribution in [3.8, 4) is 0 Å². The molecule has 0 spiro atoms. The summed E-state index contributed by atoms with van der Waals surface area (Å²) in [6.07, 6.45) is -2.51. The van der Waals surface area contributed by atoms with Gasteiger partial charge in [0.15, 0.2) is 12.2 Å². The molecule has 1 heterocycles. The van der Waals surface area contributed by atoms with Crippen LogP contribution < -0.4 is 5.32 Å². The van der Waals surface area contributed by atoms with Crippen molar-refractivity contribution in [2.75, 3.05) is 0 Å². The Labute approximate surface area is 92.0 Å². The van der Waals surface area contributed by atoms with E-state index in [-0.39, 0.29) is 6.61 Å². The lowest BCUT2D eigenvalue weighted by Gasteiger charge is -2.11. The molecule has 5 heteroatoms. The first-order valence-electron chi connectivity index (χ1n) is 4.87. The summed E-state index contributed by atoms with van der Waals surface area (Å²) in [6, 6.07) is 9.22. The fraction of sp³-hybridized carbons (Fsp3) is 0.273. The van der Waals surface area contributed by atoms with Gasteiger partial charge >= 0.3 is 0 Å². The summed E-state index contributed by atoms with van der Waals surface area (Å²) in [6.45, 7) is 0.184. The van der Waals surface area contributed by atoms with Crippen LogP contribution in [0.2, 0.25) is 0 Å². The van der Waals surface area contributed by atoms with E-state index in [1.807, 2.05) is 35.6 Å². The Morgan fingerprint density at radius 2 is 1.88 bits per heavy atom. The van der Waals surface area contributed by atoms with Gasteiger partial charge < -0.3 is 9.84 Å². The number of imide groups is 1. The van der Waals surface area contributed by atoms with E-state index >= 15 is 0 Å². The van der Waals surface area contributed by atoms with Crippen molar-refractivity contribution >= 4 is 11.8 Å². The third kappa shape index (κ3) is 2.10. The van der Waals surface area contributed by atoms with Crippen molar-refractivity contribution in [3.63, 3.8) is 0 Å². The number of amides is 2. The zero-order chi connectivity index (χ0) is 11.5. The van der Waals surface area contributed by atoms with Crippen LogP contribution in [0.25, 0.3) is 0 Å². The fourth-order valence-corrected chi connectivity index (χ4v) is 1.47. The molecule has 1 saturated heterocycles. The number of aliphatic hydroxyl groups is 1. The number of aliphatic hydroxyl groups excluding tert-OH is 1. The predicted molar refractivity (Wildman–Crippen MR) is 54.2 cm³/mol. The lowest BCUT2D eigenvalue weighted by atomic mass is 10.2. The number of rotatable bonds is 3. The molecule has 1 aliphatic heterocycles. The normalized spacial score (nSPS) is 24.6. The largest absolute Gasteiger partial charge is 0.380 e. The fourth-order valence-electron chi connectivity index (χ4n) is 1.47.